The van der Waals surface area contributed by atoms with Gasteiger partial charge in [-0.15, -0.1) is 0 Å². The highest BCUT2D eigenvalue weighted by Gasteiger charge is 2.69. The first-order valence-electron chi connectivity index (χ1n) is 12.5. The molecule has 0 amide bonds. The molecule has 172 valence electrons. The Morgan fingerprint density at radius 2 is 1.68 bits per heavy atom. The van der Waals surface area contributed by atoms with Gasteiger partial charge in [-0.25, -0.2) is 4.79 Å². The summed E-state index contributed by atoms with van der Waals surface area (Å²) in [5, 5.41) is 0. The molecule has 0 aromatic heterocycles. The van der Waals surface area contributed by atoms with Crippen molar-refractivity contribution in [2.75, 3.05) is 6.61 Å². The fourth-order valence-corrected chi connectivity index (χ4v) is 9.90. The van der Waals surface area contributed by atoms with Crippen LogP contribution in [0.1, 0.15) is 92.9 Å². The van der Waals surface area contributed by atoms with Crippen molar-refractivity contribution in [3.63, 3.8) is 0 Å². The summed E-state index contributed by atoms with van der Waals surface area (Å²) < 4.78 is 11.6. The Hall–Kier alpha value is -1.32. The molecule has 1 aliphatic heterocycles. The van der Waals surface area contributed by atoms with E-state index in [9.17, 15) is 9.59 Å². The molecule has 5 rings (SSSR count). The first-order chi connectivity index (χ1) is 14.4. The summed E-state index contributed by atoms with van der Waals surface area (Å²) >= 11 is 0. The van der Waals surface area contributed by atoms with Gasteiger partial charge in [-0.05, 0) is 84.5 Å². The molecule has 7 atom stereocenters. The van der Waals surface area contributed by atoms with Crippen molar-refractivity contribution in [2.45, 2.75) is 99.0 Å². The van der Waals surface area contributed by atoms with Crippen LogP contribution in [-0.2, 0) is 19.1 Å². The molecule has 4 unspecified atom stereocenters. The fourth-order valence-electron chi connectivity index (χ4n) is 9.90. The van der Waals surface area contributed by atoms with E-state index in [4.69, 9.17) is 9.47 Å². The number of carbonyl (C=O) groups excluding carboxylic acids is 2. The van der Waals surface area contributed by atoms with E-state index in [2.05, 4.69) is 34.6 Å². The Morgan fingerprint density at radius 3 is 2.39 bits per heavy atom. The summed E-state index contributed by atoms with van der Waals surface area (Å²) in [6, 6.07) is 0. The zero-order chi connectivity index (χ0) is 22.4. The van der Waals surface area contributed by atoms with Gasteiger partial charge >= 0.3 is 11.9 Å². The second-order valence-electron chi connectivity index (χ2n) is 12.8. The van der Waals surface area contributed by atoms with E-state index in [1.807, 2.05) is 0 Å². The lowest BCUT2D eigenvalue weighted by Crippen LogP contribution is -2.66. The lowest BCUT2D eigenvalue weighted by Gasteiger charge is -2.70. The minimum atomic E-state index is -0.439. The van der Waals surface area contributed by atoms with Gasteiger partial charge in [-0.1, -0.05) is 41.0 Å². The van der Waals surface area contributed by atoms with Crippen molar-refractivity contribution in [2.24, 2.45) is 39.4 Å². The van der Waals surface area contributed by atoms with Gasteiger partial charge in [-0.3, -0.25) is 4.79 Å². The van der Waals surface area contributed by atoms with Gasteiger partial charge in [-0.2, -0.15) is 0 Å². The number of cyclic esters (lactones) is 1. The zero-order valence-corrected chi connectivity index (χ0v) is 20.3. The van der Waals surface area contributed by atoms with Crippen LogP contribution in [0.3, 0.4) is 0 Å². The molecule has 4 heteroatoms. The average Bonchev–Trinajstić information content (AvgIpc) is 3.04. The third kappa shape index (κ3) is 2.72. The van der Waals surface area contributed by atoms with Gasteiger partial charge in [0.1, 0.15) is 12.7 Å². The molecule has 4 aliphatic carbocycles. The molecule has 0 aromatic rings. The van der Waals surface area contributed by atoms with Crippen LogP contribution in [0.4, 0.5) is 0 Å². The molecule has 0 aromatic carbocycles. The Labute approximate surface area is 187 Å². The molecule has 3 saturated carbocycles. The topological polar surface area (TPSA) is 52.6 Å². The predicted molar refractivity (Wildman–Crippen MR) is 119 cm³/mol. The predicted octanol–water partition coefficient (Wildman–Crippen LogP) is 5.84. The van der Waals surface area contributed by atoms with Gasteiger partial charge in [0.15, 0.2) is 0 Å². The smallest absolute Gasteiger partial charge is 0.335 e. The summed E-state index contributed by atoms with van der Waals surface area (Å²) in [5.41, 5.74) is 2.35. The number of rotatable bonds is 1. The molecular formula is C27H40O4. The minimum absolute atomic E-state index is 0.158. The maximum atomic E-state index is 12.9. The molecule has 0 radical (unpaired) electrons. The standard InChI is InChI=1S/C27H40O4/c1-16(28)31-21-14-20-25(4)12-7-11-24(2,3)18(25)10-13-26(20,5)19-9-8-17-15-30-23(29)22(17)27(19,21)6/h18-21H,7-15H2,1-6H3/t18?,19?,20?,21?,25-,26-,27+/m0/s1. The number of fused-ring (bicyclic) bond motifs is 6. The number of carbonyl (C=O) groups is 2. The van der Waals surface area contributed by atoms with Crippen molar-refractivity contribution in [3.05, 3.63) is 11.1 Å². The Kier molecular flexibility index (Phi) is 4.59. The van der Waals surface area contributed by atoms with E-state index in [0.717, 1.165) is 30.4 Å². The summed E-state index contributed by atoms with van der Waals surface area (Å²) in [6.45, 7) is 14.2. The van der Waals surface area contributed by atoms with Crippen LogP contribution in [0.15, 0.2) is 11.1 Å². The number of ether oxygens (including phenoxy) is 2. The van der Waals surface area contributed by atoms with Crippen LogP contribution in [-0.4, -0.2) is 24.6 Å². The lowest BCUT2D eigenvalue weighted by atomic mass is 9.35. The van der Waals surface area contributed by atoms with Crippen LogP contribution in [0.5, 0.6) is 0 Å². The molecule has 0 spiro atoms. The van der Waals surface area contributed by atoms with E-state index in [0.29, 0.717) is 29.8 Å². The number of hydrogen-bond donors (Lipinski definition) is 0. The Balaban J connectivity index is 1.64. The summed E-state index contributed by atoms with van der Waals surface area (Å²) in [5.74, 6) is 1.17. The van der Waals surface area contributed by atoms with Crippen molar-refractivity contribution >= 4 is 11.9 Å². The second kappa shape index (κ2) is 6.60. The maximum absolute atomic E-state index is 12.9. The van der Waals surface area contributed by atoms with Crippen molar-refractivity contribution in [3.8, 4) is 0 Å². The van der Waals surface area contributed by atoms with Crippen LogP contribution < -0.4 is 0 Å². The van der Waals surface area contributed by atoms with E-state index in [1.165, 1.54) is 39.0 Å². The van der Waals surface area contributed by atoms with Gasteiger partial charge in [0.2, 0.25) is 0 Å². The molecule has 0 saturated heterocycles. The number of hydrogen-bond acceptors (Lipinski definition) is 4. The maximum Gasteiger partial charge on any atom is 0.335 e. The highest BCUT2D eigenvalue weighted by molar-refractivity contribution is 5.94. The van der Waals surface area contributed by atoms with Crippen LogP contribution in [0, 0.1) is 39.4 Å². The quantitative estimate of drug-likeness (QED) is 0.492. The molecule has 4 nitrogen and oxygen atoms in total. The summed E-state index contributed by atoms with van der Waals surface area (Å²) in [6.07, 6.45) is 9.00. The minimum Gasteiger partial charge on any atom is -0.462 e. The largest absolute Gasteiger partial charge is 0.462 e. The average molecular weight is 429 g/mol. The van der Waals surface area contributed by atoms with Gasteiger partial charge in [0.25, 0.3) is 0 Å². The highest BCUT2D eigenvalue weighted by atomic mass is 16.5. The van der Waals surface area contributed by atoms with E-state index < -0.39 is 5.41 Å². The van der Waals surface area contributed by atoms with Gasteiger partial charge in [0.05, 0.1) is 0 Å². The molecule has 0 N–H and O–H groups in total. The normalized spacial score (nSPS) is 48.1. The first kappa shape index (κ1) is 21.5. The van der Waals surface area contributed by atoms with Crippen molar-refractivity contribution in [1.82, 2.24) is 0 Å². The molecule has 0 bridgehead atoms. The highest BCUT2D eigenvalue weighted by Crippen LogP contribution is 2.73. The molecule has 5 aliphatic rings. The molecule has 3 fully saturated rings. The van der Waals surface area contributed by atoms with Crippen molar-refractivity contribution < 1.29 is 19.1 Å². The van der Waals surface area contributed by atoms with Crippen LogP contribution in [0.2, 0.25) is 0 Å². The van der Waals surface area contributed by atoms with E-state index in [1.54, 1.807) is 0 Å². The third-order valence-electron chi connectivity index (χ3n) is 11.0. The number of esters is 2. The lowest BCUT2D eigenvalue weighted by molar-refractivity contribution is -0.225. The van der Waals surface area contributed by atoms with Crippen LogP contribution >= 0.6 is 0 Å². The molecular weight excluding hydrogens is 388 g/mol. The molecule has 1 heterocycles. The monoisotopic (exact) mass is 428 g/mol. The fraction of sp³-hybridized carbons (Fsp3) is 0.852. The zero-order valence-electron chi connectivity index (χ0n) is 20.3. The Morgan fingerprint density at radius 1 is 0.968 bits per heavy atom. The van der Waals surface area contributed by atoms with E-state index in [-0.39, 0.29) is 28.9 Å². The van der Waals surface area contributed by atoms with E-state index >= 15 is 0 Å². The second-order valence-corrected chi connectivity index (χ2v) is 12.8. The first-order valence-corrected chi connectivity index (χ1v) is 12.5. The molecule has 31 heavy (non-hydrogen) atoms. The van der Waals surface area contributed by atoms with Gasteiger partial charge in [0, 0.05) is 17.9 Å². The van der Waals surface area contributed by atoms with Gasteiger partial charge < -0.3 is 9.47 Å². The van der Waals surface area contributed by atoms with Crippen molar-refractivity contribution in [1.29, 1.82) is 0 Å². The Bertz CT molecular complexity index is 855. The van der Waals surface area contributed by atoms with Crippen LogP contribution in [0.25, 0.3) is 0 Å². The summed E-state index contributed by atoms with van der Waals surface area (Å²) in [7, 11) is 0. The third-order valence-corrected chi connectivity index (χ3v) is 11.0. The summed E-state index contributed by atoms with van der Waals surface area (Å²) in [4.78, 5) is 25.2. The SMILES string of the molecule is CC(=O)OC1CC2[C@@]3(C)CCCC(C)(C)C3CC[C@@]2(C)C2CCC3=C(C(=O)OC3)[C@@]12C.